The molecule has 1 aliphatic heterocycles. The summed E-state index contributed by atoms with van der Waals surface area (Å²) in [6.07, 6.45) is 2.51. The van der Waals surface area contributed by atoms with Crippen LogP contribution in [0.25, 0.3) is 22.3 Å². The summed E-state index contributed by atoms with van der Waals surface area (Å²) in [6.45, 7) is 0. The molecule has 1 saturated carbocycles. The number of aromatic nitrogens is 5. The summed E-state index contributed by atoms with van der Waals surface area (Å²) >= 11 is 0. The first-order chi connectivity index (χ1) is 17.4. The van der Waals surface area contributed by atoms with E-state index in [0.717, 1.165) is 31.2 Å². The number of ether oxygens (including phenoxy) is 1. The van der Waals surface area contributed by atoms with Crippen LogP contribution in [0.5, 0.6) is 0 Å². The number of aliphatic carboxylic acids is 1. The molecule has 0 radical (unpaired) electrons. The Morgan fingerprint density at radius 2 is 2.00 bits per heavy atom. The quantitative estimate of drug-likeness (QED) is 0.350. The van der Waals surface area contributed by atoms with Crippen LogP contribution in [0.2, 0.25) is 0 Å². The Morgan fingerprint density at radius 3 is 2.72 bits per heavy atom. The van der Waals surface area contributed by atoms with E-state index in [1.54, 1.807) is 12.3 Å². The lowest BCUT2D eigenvalue weighted by atomic mass is 9.96. The van der Waals surface area contributed by atoms with Gasteiger partial charge in [0.2, 0.25) is 0 Å². The lowest BCUT2D eigenvalue weighted by Crippen LogP contribution is -2.62. The molecule has 4 heterocycles. The molecule has 0 bridgehead atoms. The third-order valence-electron chi connectivity index (χ3n) is 6.94. The topological polar surface area (TPSA) is 189 Å². The van der Waals surface area contributed by atoms with Crippen LogP contribution in [-0.2, 0) is 9.53 Å². The molecule has 13 heteroatoms. The second kappa shape index (κ2) is 9.82. The van der Waals surface area contributed by atoms with Gasteiger partial charge < -0.3 is 30.0 Å². The molecule has 6 unspecified atom stereocenters. The highest BCUT2D eigenvalue weighted by Gasteiger charge is 2.48. The van der Waals surface area contributed by atoms with E-state index >= 15 is 0 Å². The average Bonchev–Trinajstić information content (AvgIpc) is 3.64. The van der Waals surface area contributed by atoms with E-state index in [4.69, 9.17) is 9.57 Å². The summed E-state index contributed by atoms with van der Waals surface area (Å²) in [5.74, 6) is -1.10. The summed E-state index contributed by atoms with van der Waals surface area (Å²) in [4.78, 5) is 25.6. The number of fused-ring (bicyclic) bond motifs is 1. The van der Waals surface area contributed by atoms with Crippen LogP contribution in [0.15, 0.2) is 31.0 Å². The first kappa shape index (κ1) is 24.1. The van der Waals surface area contributed by atoms with E-state index in [0.29, 0.717) is 29.1 Å². The maximum atomic E-state index is 11.4. The number of carboxylic acid groups (broad SMARTS) is 1. The van der Waals surface area contributed by atoms with Crippen molar-refractivity contribution < 1.29 is 34.8 Å². The number of carbonyl (C=O) groups is 1. The van der Waals surface area contributed by atoms with E-state index in [2.05, 4.69) is 21.1 Å². The molecule has 3 aromatic rings. The van der Waals surface area contributed by atoms with Gasteiger partial charge in [0.05, 0.1) is 30.4 Å². The second-order valence-corrected chi connectivity index (χ2v) is 9.12. The van der Waals surface area contributed by atoms with Crippen molar-refractivity contribution in [1.82, 2.24) is 24.5 Å². The van der Waals surface area contributed by atoms with Gasteiger partial charge in [-0.25, -0.2) is 14.8 Å². The summed E-state index contributed by atoms with van der Waals surface area (Å²) < 4.78 is 8.21. The molecule has 36 heavy (non-hydrogen) atoms. The fraction of sp³-hybridized carbons (Fsp3) is 0.522. The fourth-order valence-corrected chi connectivity index (χ4v) is 5.05. The van der Waals surface area contributed by atoms with Gasteiger partial charge in [0.25, 0.3) is 6.29 Å². The van der Waals surface area contributed by atoms with Crippen molar-refractivity contribution in [2.75, 3.05) is 0 Å². The molecule has 2 fully saturated rings. The van der Waals surface area contributed by atoms with E-state index in [-0.39, 0.29) is 6.04 Å². The van der Waals surface area contributed by atoms with Gasteiger partial charge in [-0.15, -0.1) is 0 Å². The van der Waals surface area contributed by atoms with Crippen molar-refractivity contribution in [3.63, 3.8) is 0 Å². The highest BCUT2D eigenvalue weighted by molar-refractivity contribution is 5.90. The molecule has 13 nitrogen and oxygen atoms in total. The molecule has 1 saturated heterocycles. The normalized spacial score (nSPS) is 27.7. The third kappa shape index (κ3) is 4.28. The van der Waals surface area contributed by atoms with Gasteiger partial charge >= 0.3 is 5.97 Å². The molecule has 3 aromatic heterocycles. The SMILES string of the molecule is N#CCC(C1CCCC1)n1cc(-c2ncnc3c2ccn3OC2OC(C(=O)O)C(O)C(O)C2O)cn1. The van der Waals surface area contributed by atoms with E-state index in [1.165, 1.54) is 17.3 Å². The van der Waals surface area contributed by atoms with Crippen LogP contribution in [0.4, 0.5) is 0 Å². The highest BCUT2D eigenvalue weighted by Crippen LogP contribution is 2.37. The Hall–Kier alpha value is -3.57. The van der Waals surface area contributed by atoms with Crippen molar-refractivity contribution >= 4 is 17.0 Å². The molecule has 0 spiro atoms. The van der Waals surface area contributed by atoms with Crippen molar-refractivity contribution in [1.29, 1.82) is 5.26 Å². The summed E-state index contributed by atoms with van der Waals surface area (Å²) in [5.41, 5.74) is 1.60. The molecule has 1 aliphatic carbocycles. The molecular weight excluding hydrogens is 472 g/mol. The van der Waals surface area contributed by atoms with Gasteiger partial charge in [0, 0.05) is 23.3 Å². The van der Waals surface area contributed by atoms with Crippen molar-refractivity contribution in [3.05, 3.63) is 31.0 Å². The lowest BCUT2D eigenvalue weighted by molar-refractivity contribution is -0.292. The Labute approximate surface area is 205 Å². The Morgan fingerprint density at radius 1 is 1.22 bits per heavy atom. The highest BCUT2D eigenvalue weighted by atomic mass is 16.8. The largest absolute Gasteiger partial charge is 0.479 e. The predicted molar refractivity (Wildman–Crippen MR) is 121 cm³/mol. The van der Waals surface area contributed by atoms with Gasteiger partial charge in [-0.05, 0) is 24.8 Å². The maximum absolute atomic E-state index is 11.4. The van der Waals surface area contributed by atoms with Gasteiger partial charge in [-0.3, -0.25) is 4.68 Å². The number of aliphatic hydroxyl groups is 3. The van der Waals surface area contributed by atoms with Crippen LogP contribution in [0, 0.1) is 17.2 Å². The Balaban J connectivity index is 1.42. The summed E-state index contributed by atoms with van der Waals surface area (Å²) in [7, 11) is 0. The number of rotatable bonds is 7. The number of nitrogens with zero attached hydrogens (tertiary/aromatic N) is 6. The minimum Gasteiger partial charge on any atom is -0.479 e. The minimum absolute atomic E-state index is 0.00888. The number of aliphatic hydroxyl groups excluding tert-OH is 3. The monoisotopic (exact) mass is 498 g/mol. The van der Waals surface area contributed by atoms with Crippen molar-refractivity contribution in [3.8, 4) is 17.3 Å². The van der Waals surface area contributed by atoms with Crippen LogP contribution >= 0.6 is 0 Å². The molecule has 0 amide bonds. The van der Waals surface area contributed by atoms with Crippen LogP contribution in [-0.4, -0.2) is 81.6 Å². The molecule has 190 valence electrons. The smallest absolute Gasteiger partial charge is 0.335 e. The van der Waals surface area contributed by atoms with Crippen molar-refractivity contribution in [2.45, 2.75) is 68.9 Å². The minimum atomic E-state index is -1.82. The first-order valence-electron chi connectivity index (χ1n) is 11.7. The Bertz CT molecular complexity index is 1280. The molecule has 6 atom stereocenters. The Kier molecular flexibility index (Phi) is 6.59. The summed E-state index contributed by atoms with van der Waals surface area (Å²) in [6, 6.07) is 3.95. The zero-order valence-corrected chi connectivity index (χ0v) is 19.2. The van der Waals surface area contributed by atoms with Crippen LogP contribution in [0.1, 0.15) is 38.1 Å². The average molecular weight is 498 g/mol. The second-order valence-electron chi connectivity index (χ2n) is 9.12. The van der Waals surface area contributed by atoms with Gasteiger partial charge in [-0.1, -0.05) is 12.8 Å². The molecule has 5 rings (SSSR count). The van der Waals surface area contributed by atoms with E-state index in [9.17, 15) is 30.5 Å². The van der Waals surface area contributed by atoms with Gasteiger partial charge in [0.1, 0.15) is 24.6 Å². The zero-order valence-electron chi connectivity index (χ0n) is 19.2. The zero-order chi connectivity index (χ0) is 25.4. The van der Waals surface area contributed by atoms with Crippen molar-refractivity contribution in [2.24, 2.45) is 5.92 Å². The van der Waals surface area contributed by atoms with Crippen LogP contribution in [0.3, 0.4) is 0 Å². The fourth-order valence-electron chi connectivity index (χ4n) is 5.05. The third-order valence-corrected chi connectivity index (χ3v) is 6.94. The first-order valence-corrected chi connectivity index (χ1v) is 11.7. The predicted octanol–water partition coefficient (Wildman–Crippen LogP) is 0.261. The number of hydrogen-bond donors (Lipinski definition) is 4. The molecule has 0 aromatic carbocycles. The van der Waals surface area contributed by atoms with Gasteiger partial charge in [-0.2, -0.15) is 15.1 Å². The standard InChI is InChI=1S/C23H26N6O7/c24-7-5-15(12-3-1-2-4-12)28-10-13(9-27-28)16-14-6-8-29(21(14)26-11-25-16)36-23-19(32)17(30)18(31)20(35-23)22(33)34/h6,8-12,15,17-20,23,30-32H,1-5H2,(H,33,34). The summed E-state index contributed by atoms with van der Waals surface area (Å²) in [5, 5.41) is 53.9. The van der Waals surface area contributed by atoms with E-state index < -0.39 is 36.7 Å². The number of carboxylic acids is 1. The molecule has 2 aliphatic rings. The van der Waals surface area contributed by atoms with Crippen LogP contribution < -0.4 is 4.84 Å². The number of nitriles is 1. The number of hydrogen-bond acceptors (Lipinski definition) is 10. The van der Waals surface area contributed by atoms with Gasteiger partial charge in [0.15, 0.2) is 11.8 Å². The maximum Gasteiger partial charge on any atom is 0.335 e. The molecule has 4 N–H and O–H groups in total. The van der Waals surface area contributed by atoms with E-state index in [1.807, 2.05) is 10.9 Å². The lowest BCUT2D eigenvalue weighted by Gasteiger charge is -2.38. The molecular formula is C23H26N6O7.